The topological polar surface area (TPSA) is 49.3 Å². The first-order valence-electron chi connectivity index (χ1n) is 3.78. The Labute approximate surface area is 69.8 Å². The third-order valence-corrected chi connectivity index (χ3v) is 1.42. The summed E-state index contributed by atoms with van der Waals surface area (Å²) in [6, 6.07) is 0. The van der Waals surface area contributed by atoms with Crippen molar-refractivity contribution in [3.63, 3.8) is 0 Å². The molecule has 0 unspecified atom stereocenters. The molecule has 0 bridgehead atoms. The van der Waals surface area contributed by atoms with E-state index in [9.17, 15) is 13.6 Å². The Morgan fingerprint density at radius 1 is 1.58 bits per heavy atom. The largest absolute Gasteiger partial charge is 0.481 e. The average Bonchev–Trinajstić information content (AvgIpc) is 1.98. The van der Waals surface area contributed by atoms with E-state index in [2.05, 4.69) is 5.32 Å². The van der Waals surface area contributed by atoms with Gasteiger partial charge in [-0.25, -0.2) is 8.78 Å². The maximum atomic E-state index is 12.5. The van der Waals surface area contributed by atoms with E-state index < -0.39 is 18.4 Å². The predicted octanol–water partition coefficient (Wildman–Crippen LogP) is 1.10. The van der Waals surface area contributed by atoms with Crippen molar-refractivity contribution in [1.29, 1.82) is 0 Å². The second kappa shape index (κ2) is 5.03. The van der Waals surface area contributed by atoms with E-state index in [1.165, 1.54) is 6.92 Å². The van der Waals surface area contributed by atoms with Gasteiger partial charge in [0.1, 0.15) is 0 Å². The van der Waals surface area contributed by atoms with Crippen molar-refractivity contribution in [3.8, 4) is 0 Å². The number of carbonyl (C=O) groups is 1. The minimum atomic E-state index is -2.72. The van der Waals surface area contributed by atoms with Gasteiger partial charge in [-0.2, -0.15) is 0 Å². The van der Waals surface area contributed by atoms with Gasteiger partial charge >= 0.3 is 5.97 Å². The molecule has 0 spiro atoms. The molecule has 0 radical (unpaired) electrons. The number of aliphatic carboxylic acids is 1. The van der Waals surface area contributed by atoms with E-state index in [0.29, 0.717) is 0 Å². The van der Waals surface area contributed by atoms with Gasteiger partial charge in [-0.15, -0.1) is 0 Å². The third-order valence-electron chi connectivity index (χ3n) is 1.42. The molecular weight excluding hydrogens is 168 g/mol. The molecule has 0 aromatic heterocycles. The van der Waals surface area contributed by atoms with Gasteiger partial charge in [-0.3, -0.25) is 4.79 Å². The summed E-state index contributed by atoms with van der Waals surface area (Å²) in [5, 5.41) is 10.5. The van der Waals surface area contributed by atoms with Gasteiger partial charge in [0.15, 0.2) is 0 Å². The van der Waals surface area contributed by atoms with Crippen LogP contribution in [-0.2, 0) is 4.79 Å². The Hall–Kier alpha value is -0.710. The third kappa shape index (κ3) is 6.03. The lowest BCUT2D eigenvalue weighted by molar-refractivity contribution is -0.137. The lowest BCUT2D eigenvalue weighted by atomic mass is 10.2. The van der Waals surface area contributed by atoms with Gasteiger partial charge in [0, 0.05) is 13.0 Å². The van der Waals surface area contributed by atoms with Crippen LogP contribution in [0.5, 0.6) is 0 Å². The molecule has 0 aromatic carbocycles. The average molecular weight is 181 g/mol. The van der Waals surface area contributed by atoms with Crippen molar-refractivity contribution in [3.05, 3.63) is 0 Å². The normalized spacial score (nSPS) is 11.6. The van der Waals surface area contributed by atoms with E-state index in [0.717, 1.165) is 0 Å². The molecule has 0 saturated carbocycles. The summed E-state index contributed by atoms with van der Waals surface area (Å²) in [7, 11) is 0. The lowest BCUT2D eigenvalue weighted by Gasteiger charge is -2.13. The summed E-state index contributed by atoms with van der Waals surface area (Å²) < 4.78 is 24.9. The van der Waals surface area contributed by atoms with Crippen LogP contribution in [0.2, 0.25) is 0 Å². The SMILES string of the molecule is CCC(F)(F)CNCCC(=O)O. The second-order valence-electron chi connectivity index (χ2n) is 2.53. The fourth-order valence-electron chi connectivity index (χ4n) is 0.592. The van der Waals surface area contributed by atoms with Crippen LogP contribution in [0.3, 0.4) is 0 Å². The van der Waals surface area contributed by atoms with Crippen molar-refractivity contribution in [2.75, 3.05) is 13.1 Å². The zero-order valence-electron chi connectivity index (χ0n) is 6.94. The minimum absolute atomic E-state index is 0.0882. The first-order valence-corrected chi connectivity index (χ1v) is 3.78. The quantitative estimate of drug-likeness (QED) is 0.603. The number of nitrogens with one attached hydrogen (secondary N) is 1. The summed E-state index contributed by atoms with van der Waals surface area (Å²) in [5.41, 5.74) is 0. The molecule has 0 rings (SSSR count). The summed E-state index contributed by atoms with van der Waals surface area (Å²) in [6.45, 7) is 1.03. The number of hydrogen-bond donors (Lipinski definition) is 2. The summed E-state index contributed by atoms with van der Waals surface area (Å²) in [6.07, 6.45) is -0.354. The Balaban J connectivity index is 3.37. The van der Waals surface area contributed by atoms with E-state index in [1.807, 2.05) is 0 Å². The monoisotopic (exact) mass is 181 g/mol. The molecule has 72 valence electrons. The molecule has 3 nitrogen and oxygen atoms in total. The lowest BCUT2D eigenvalue weighted by Crippen LogP contribution is -2.33. The van der Waals surface area contributed by atoms with Crippen LogP contribution in [0.25, 0.3) is 0 Å². The molecule has 12 heavy (non-hydrogen) atoms. The first kappa shape index (κ1) is 11.3. The molecule has 0 atom stereocenters. The van der Waals surface area contributed by atoms with Crippen molar-refractivity contribution in [2.24, 2.45) is 0 Å². The van der Waals surface area contributed by atoms with Crippen LogP contribution < -0.4 is 5.32 Å². The molecule has 0 amide bonds. The predicted molar refractivity (Wildman–Crippen MR) is 40.4 cm³/mol. The van der Waals surface area contributed by atoms with E-state index in [1.54, 1.807) is 0 Å². The first-order chi connectivity index (χ1) is 5.48. The highest BCUT2D eigenvalue weighted by Crippen LogP contribution is 2.15. The summed E-state index contributed by atoms with van der Waals surface area (Å²) in [5.74, 6) is -3.71. The Bertz CT molecular complexity index is 150. The van der Waals surface area contributed by atoms with Crippen molar-refractivity contribution in [2.45, 2.75) is 25.7 Å². The van der Waals surface area contributed by atoms with E-state index in [4.69, 9.17) is 5.11 Å². The Morgan fingerprint density at radius 3 is 2.58 bits per heavy atom. The van der Waals surface area contributed by atoms with E-state index in [-0.39, 0.29) is 19.4 Å². The van der Waals surface area contributed by atoms with Crippen LogP contribution in [-0.4, -0.2) is 30.1 Å². The molecule has 0 aliphatic rings. The van der Waals surface area contributed by atoms with Gasteiger partial charge in [0.2, 0.25) is 0 Å². The number of rotatable bonds is 6. The highest BCUT2D eigenvalue weighted by molar-refractivity contribution is 5.66. The maximum Gasteiger partial charge on any atom is 0.304 e. The maximum absolute atomic E-state index is 12.5. The van der Waals surface area contributed by atoms with Crippen molar-refractivity contribution in [1.82, 2.24) is 5.32 Å². The fourth-order valence-corrected chi connectivity index (χ4v) is 0.592. The van der Waals surface area contributed by atoms with Crippen LogP contribution in [0.15, 0.2) is 0 Å². The van der Waals surface area contributed by atoms with Gasteiger partial charge < -0.3 is 10.4 Å². The zero-order chi connectivity index (χ0) is 9.61. The van der Waals surface area contributed by atoms with Gasteiger partial charge in [-0.1, -0.05) is 6.92 Å². The fraction of sp³-hybridized carbons (Fsp3) is 0.857. The zero-order valence-corrected chi connectivity index (χ0v) is 6.94. The number of halogens is 2. The smallest absolute Gasteiger partial charge is 0.304 e. The molecule has 0 aromatic rings. The standard InChI is InChI=1S/C7H13F2NO2/c1-2-7(8,9)5-10-4-3-6(11)12/h10H,2-5H2,1H3,(H,11,12). The second-order valence-corrected chi connectivity index (χ2v) is 2.53. The molecule has 0 aliphatic carbocycles. The van der Waals surface area contributed by atoms with Crippen molar-refractivity contribution >= 4 is 5.97 Å². The highest BCUT2D eigenvalue weighted by atomic mass is 19.3. The molecule has 0 aliphatic heterocycles. The van der Waals surface area contributed by atoms with Crippen LogP contribution in [0, 0.1) is 0 Å². The van der Waals surface area contributed by atoms with Crippen LogP contribution >= 0.6 is 0 Å². The molecule has 2 N–H and O–H groups in total. The Morgan fingerprint density at radius 2 is 2.17 bits per heavy atom. The number of carboxylic acid groups (broad SMARTS) is 1. The minimum Gasteiger partial charge on any atom is -0.481 e. The summed E-state index contributed by atoms with van der Waals surface area (Å²) in [4.78, 5) is 9.97. The van der Waals surface area contributed by atoms with Crippen molar-refractivity contribution < 1.29 is 18.7 Å². The van der Waals surface area contributed by atoms with Gasteiger partial charge in [-0.05, 0) is 0 Å². The van der Waals surface area contributed by atoms with Gasteiger partial charge in [0.05, 0.1) is 13.0 Å². The van der Waals surface area contributed by atoms with E-state index >= 15 is 0 Å². The molecule has 0 fully saturated rings. The molecule has 5 heteroatoms. The molecule has 0 saturated heterocycles. The Kier molecular flexibility index (Phi) is 4.73. The molecule has 0 heterocycles. The summed E-state index contributed by atoms with van der Waals surface area (Å²) >= 11 is 0. The number of alkyl halides is 2. The highest BCUT2D eigenvalue weighted by Gasteiger charge is 2.24. The van der Waals surface area contributed by atoms with Crippen LogP contribution in [0.4, 0.5) is 8.78 Å². The molecular formula is C7H13F2NO2. The van der Waals surface area contributed by atoms with Gasteiger partial charge in [0.25, 0.3) is 5.92 Å². The van der Waals surface area contributed by atoms with Crippen LogP contribution in [0.1, 0.15) is 19.8 Å². The number of hydrogen-bond acceptors (Lipinski definition) is 2. The number of carboxylic acids is 1.